The lowest BCUT2D eigenvalue weighted by atomic mass is 10.0. The monoisotopic (exact) mass is 446 g/mol. The first kappa shape index (κ1) is 22.4. The van der Waals surface area contributed by atoms with Gasteiger partial charge in [-0.1, -0.05) is 12.1 Å². The van der Waals surface area contributed by atoms with Crippen molar-refractivity contribution in [1.82, 2.24) is 4.98 Å². The second-order valence-electron chi connectivity index (χ2n) is 7.46. The van der Waals surface area contributed by atoms with Gasteiger partial charge in [-0.05, 0) is 48.4 Å². The lowest BCUT2D eigenvalue weighted by Gasteiger charge is -2.12. The number of ether oxygens (including phenoxy) is 3. The Morgan fingerprint density at radius 2 is 1.91 bits per heavy atom. The summed E-state index contributed by atoms with van der Waals surface area (Å²) in [5.41, 5.74) is 11.0. The number of hydrogen-bond donors (Lipinski definition) is 1. The molecule has 2 heterocycles. The van der Waals surface area contributed by atoms with E-state index < -0.39 is 0 Å². The number of esters is 1. The number of carbonyl (C=O) groups is 1. The molecule has 0 aliphatic carbocycles. The first-order valence-corrected chi connectivity index (χ1v) is 10.7. The third-order valence-electron chi connectivity index (χ3n) is 5.31. The Kier molecular flexibility index (Phi) is 6.90. The largest absolute Gasteiger partial charge is 0.497 e. The highest BCUT2D eigenvalue weighted by Gasteiger charge is 2.14. The molecule has 0 aliphatic heterocycles. The van der Waals surface area contributed by atoms with E-state index in [1.807, 2.05) is 30.3 Å². The molecule has 0 atom stereocenters. The summed E-state index contributed by atoms with van der Waals surface area (Å²) in [5, 5.41) is 0.952. The third-order valence-corrected chi connectivity index (χ3v) is 5.31. The van der Waals surface area contributed by atoms with E-state index in [9.17, 15) is 4.79 Å². The molecule has 0 unspecified atom stereocenters. The van der Waals surface area contributed by atoms with Gasteiger partial charge in [0.25, 0.3) is 0 Å². The molecule has 0 saturated carbocycles. The van der Waals surface area contributed by atoms with Gasteiger partial charge in [-0.3, -0.25) is 9.78 Å². The maximum absolute atomic E-state index is 12.0. The van der Waals surface area contributed by atoms with Crippen molar-refractivity contribution < 1.29 is 23.4 Å². The van der Waals surface area contributed by atoms with Crippen molar-refractivity contribution in [2.45, 2.75) is 26.5 Å². The molecule has 4 rings (SSSR count). The summed E-state index contributed by atoms with van der Waals surface area (Å²) in [4.78, 5) is 16.3. The van der Waals surface area contributed by atoms with Gasteiger partial charge in [0, 0.05) is 35.3 Å². The van der Waals surface area contributed by atoms with Crippen LogP contribution in [-0.2, 0) is 29.1 Å². The SMILES string of the molecule is CCOC(=O)Cc1ccc(OC)cc1OCc1coc2ccc(-c3ccnc(CN)c3)cc12. The summed E-state index contributed by atoms with van der Waals surface area (Å²) in [6.45, 7) is 2.77. The average Bonchev–Trinajstić information content (AvgIpc) is 3.25. The number of nitrogens with zero attached hydrogens (tertiary/aromatic N) is 1. The Bertz CT molecular complexity index is 1260. The number of hydrogen-bond acceptors (Lipinski definition) is 7. The lowest BCUT2D eigenvalue weighted by molar-refractivity contribution is -0.142. The average molecular weight is 447 g/mol. The Labute approximate surface area is 192 Å². The number of furan rings is 1. The maximum atomic E-state index is 12.0. The van der Waals surface area contributed by atoms with Gasteiger partial charge < -0.3 is 24.4 Å². The molecular weight excluding hydrogens is 420 g/mol. The minimum atomic E-state index is -0.305. The molecule has 4 aromatic rings. The maximum Gasteiger partial charge on any atom is 0.310 e. The molecule has 0 aliphatic rings. The summed E-state index contributed by atoms with van der Waals surface area (Å²) in [5.74, 6) is 0.903. The van der Waals surface area contributed by atoms with Crippen LogP contribution in [-0.4, -0.2) is 24.7 Å². The summed E-state index contributed by atoms with van der Waals surface area (Å²) in [6, 6.07) is 15.3. The zero-order valence-electron chi connectivity index (χ0n) is 18.7. The third kappa shape index (κ3) is 5.15. The number of pyridine rings is 1. The predicted octanol–water partition coefficient (Wildman–Crippen LogP) is 4.65. The van der Waals surface area contributed by atoms with Crippen LogP contribution in [0.1, 0.15) is 23.7 Å². The van der Waals surface area contributed by atoms with Gasteiger partial charge in [-0.25, -0.2) is 0 Å². The Morgan fingerprint density at radius 1 is 1.06 bits per heavy atom. The number of rotatable bonds is 9. The van der Waals surface area contributed by atoms with Crippen molar-refractivity contribution in [2.75, 3.05) is 13.7 Å². The van der Waals surface area contributed by atoms with Crippen molar-refractivity contribution >= 4 is 16.9 Å². The van der Waals surface area contributed by atoms with Crippen LogP contribution in [0.5, 0.6) is 11.5 Å². The molecule has 0 radical (unpaired) electrons. The molecule has 170 valence electrons. The molecule has 2 aromatic carbocycles. The molecule has 0 amide bonds. The Hall–Kier alpha value is -3.84. The molecule has 2 N–H and O–H groups in total. The van der Waals surface area contributed by atoms with Crippen LogP contribution in [0.4, 0.5) is 0 Å². The van der Waals surface area contributed by atoms with Crippen LogP contribution in [0, 0.1) is 0 Å². The van der Waals surface area contributed by atoms with Crippen LogP contribution in [0.2, 0.25) is 0 Å². The number of nitrogens with two attached hydrogens (primary N) is 1. The number of aromatic nitrogens is 1. The van der Waals surface area contributed by atoms with Gasteiger partial charge in [0.05, 0.1) is 32.1 Å². The second kappa shape index (κ2) is 10.2. The molecule has 7 nitrogen and oxygen atoms in total. The fourth-order valence-electron chi connectivity index (χ4n) is 3.61. The van der Waals surface area contributed by atoms with Gasteiger partial charge in [-0.2, -0.15) is 0 Å². The minimum Gasteiger partial charge on any atom is -0.497 e. The van der Waals surface area contributed by atoms with E-state index in [1.165, 1.54) is 0 Å². The lowest BCUT2D eigenvalue weighted by Crippen LogP contribution is -2.09. The highest BCUT2D eigenvalue weighted by Crippen LogP contribution is 2.31. The van der Waals surface area contributed by atoms with E-state index in [4.69, 9.17) is 24.4 Å². The van der Waals surface area contributed by atoms with Crippen LogP contribution in [0.15, 0.2) is 65.4 Å². The standard InChI is InChI=1S/C26H26N2O5/c1-3-31-26(29)12-19-4-6-22(30-2)13-25(19)33-16-20-15-32-24-7-5-17(11-23(20)24)18-8-9-28-21(10-18)14-27/h4-11,13,15H,3,12,14,16,27H2,1-2H3. The fourth-order valence-corrected chi connectivity index (χ4v) is 3.61. The zero-order valence-corrected chi connectivity index (χ0v) is 18.7. The smallest absolute Gasteiger partial charge is 0.310 e. The van der Waals surface area contributed by atoms with Crippen molar-refractivity contribution in [1.29, 1.82) is 0 Å². The van der Waals surface area contributed by atoms with Gasteiger partial charge in [-0.15, -0.1) is 0 Å². The van der Waals surface area contributed by atoms with Crippen LogP contribution in [0.3, 0.4) is 0 Å². The first-order valence-electron chi connectivity index (χ1n) is 10.7. The van der Waals surface area contributed by atoms with E-state index in [-0.39, 0.29) is 19.0 Å². The molecule has 0 fully saturated rings. The minimum absolute atomic E-state index is 0.120. The first-order chi connectivity index (χ1) is 16.1. The number of fused-ring (bicyclic) bond motifs is 1. The summed E-state index contributed by atoms with van der Waals surface area (Å²) in [7, 11) is 1.59. The van der Waals surface area contributed by atoms with Gasteiger partial charge in [0.1, 0.15) is 23.7 Å². The fraction of sp³-hybridized carbons (Fsp3) is 0.231. The van der Waals surface area contributed by atoms with Crippen molar-refractivity contribution in [3.8, 4) is 22.6 Å². The molecule has 0 spiro atoms. The highest BCUT2D eigenvalue weighted by atomic mass is 16.5. The predicted molar refractivity (Wildman–Crippen MR) is 125 cm³/mol. The molecule has 0 bridgehead atoms. The van der Waals surface area contributed by atoms with Gasteiger partial charge in [0.15, 0.2) is 0 Å². The van der Waals surface area contributed by atoms with Crippen LogP contribution < -0.4 is 15.2 Å². The zero-order chi connectivity index (χ0) is 23.2. The molecule has 33 heavy (non-hydrogen) atoms. The van der Waals surface area contributed by atoms with Crippen molar-refractivity contribution in [3.05, 3.63) is 77.8 Å². The summed E-state index contributed by atoms with van der Waals surface area (Å²) >= 11 is 0. The van der Waals surface area contributed by atoms with E-state index >= 15 is 0 Å². The van der Waals surface area contributed by atoms with Crippen LogP contribution in [0.25, 0.3) is 22.1 Å². The topological polar surface area (TPSA) is 96.8 Å². The Balaban J connectivity index is 1.60. The van der Waals surface area contributed by atoms with E-state index in [1.54, 1.807) is 38.6 Å². The number of methoxy groups -OCH3 is 1. The van der Waals surface area contributed by atoms with Gasteiger partial charge >= 0.3 is 5.97 Å². The number of benzene rings is 2. The molecule has 0 saturated heterocycles. The van der Waals surface area contributed by atoms with E-state index in [0.717, 1.165) is 38.9 Å². The van der Waals surface area contributed by atoms with Crippen molar-refractivity contribution in [2.24, 2.45) is 5.73 Å². The summed E-state index contributed by atoms with van der Waals surface area (Å²) < 4.78 is 22.3. The normalized spacial score (nSPS) is 10.9. The number of carbonyl (C=O) groups excluding carboxylic acids is 1. The van der Waals surface area contributed by atoms with Crippen LogP contribution >= 0.6 is 0 Å². The summed E-state index contributed by atoms with van der Waals surface area (Å²) in [6.07, 6.45) is 3.57. The van der Waals surface area contributed by atoms with E-state index in [2.05, 4.69) is 11.1 Å². The van der Waals surface area contributed by atoms with E-state index in [0.29, 0.717) is 24.7 Å². The highest BCUT2D eigenvalue weighted by molar-refractivity contribution is 5.86. The molecular formula is C26H26N2O5. The molecule has 2 aromatic heterocycles. The molecule has 7 heteroatoms. The van der Waals surface area contributed by atoms with Crippen molar-refractivity contribution in [3.63, 3.8) is 0 Å². The quantitative estimate of drug-likeness (QED) is 0.374. The second-order valence-corrected chi connectivity index (χ2v) is 7.46. The van der Waals surface area contributed by atoms with Gasteiger partial charge in [0.2, 0.25) is 0 Å². The Morgan fingerprint density at radius 3 is 2.70 bits per heavy atom.